The molecule has 4 rings (SSSR count). The molecule has 0 aliphatic carbocycles. The molecule has 0 aromatic heterocycles. The van der Waals surface area contributed by atoms with Crippen molar-refractivity contribution < 1.29 is 27.8 Å². The minimum absolute atomic E-state index is 0.129. The van der Waals surface area contributed by atoms with E-state index in [4.69, 9.17) is 4.74 Å². The van der Waals surface area contributed by atoms with Crippen LogP contribution in [0.3, 0.4) is 0 Å². The number of carbonyl (C=O) groups excluding carboxylic acids is 1. The number of alkyl halides is 3. The quantitative estimate of drug-likeness (QED) is 0.709. The van der Waals surface area contributed by atoms with Crippen LogP contribution in [-0.4, -0.2) is 33.8 Å². The molecule has 166 valence electrons. The summed E-state index contributed by atoms with van der Waals surface area (Å²) in [5, 5.41) is 11.3. The van der Waals surface area contributed by atoms with E-state index in [0.717, 1.165) is 37.0 Å². The Balaban J connectivity index is 1.41. The Morgan fingerprint density at radius 1 is 1.00 bits per heavy atom. The van der Waals surface area contributed by atoms with Crippen molar-refractivity contribution in [3.63, 3.8) is 0 Å². The molecule has 2 unspecified atom stereocenters. The first-order valence-electron chi connectivity index (χ1n) is 10.6. The molecule has 2 aromatic carbocycles. The van der Waals surface area contributed by atoms with Gasteiger partial charge in [0, 0.05) is 18.5 Å². The fourth-order valence-electron chi connectivity index (χ4n) is 4.95. The lowest BCUT2D eigenvalue weighted by molar-refractivity contribution is -0.137. The van der Waals surface area contributed by atoms with Gasteiger partial charge in [0.1, 0.15) is 6.61 Å². The van der Waals surface area contributed by atoms with Crippen molar-refractivity contribution in [3.05, 3.63) is 71.3 Å². The summed E-state index contributed by atoms with van der Waals surface area (Å²) in [5.41, 5.74) is -0.173. The minimum Gasteiger partial charge on any atom is -0.445 e. The zero-order chi connectivity index (χ0) is 22.1. The normalized spacial score (nSPS) is 25.9. The largest absolute Gasteiger partial charge is 0.445 e. The van der Waals surface area contributed by atoms with Crippen molar-refractivity contribution in [1.29, 1.82) is 0 Å². The zero-order valence-corrected chi connectivity index (χ0v) is 17.1. The number of carbonyl (C=O) groups is 1. The highest BCUT2D eigenvalue weighted by atomic mass is 19.4. The number of halogens is 3. The van der Waals surface area contributed by atoms with Gasteiger partial charge < -0.3 is 14.7 Å². The van der Waals surface area contributed by atoms with Gasteiger partial charge in [-0.15, -0.1) is 0 Å². The molecule has 2 heterocycles. The highest BCUT2D eigenvalue weighted by Crippen LogP contribution is 2.41. The fourth-order valence-corrected chi connectivity index (χ4v) is 4.95. The number of benzene rings is 2. The second-order valence-electron chi connectivity index (χ2n) is 8.69. The first kappa shape index (κ1) is 21.7. The molecule has 2 aliphatic heterocycles. The van der Waals surface area contributed by atoms with Gasteiger partial charge in [-0.25, -0.2) is 4.79 Å². The number of nitrogens with zero attached hydrogens (tertiary/aromatic N) is 1. The summed E-state index contributed by atoms with van der Waals surface area (Å²) >= 11 is 0. The summed E-state index contributed by atoms with van der Waals surface area (Å²) in [7, 11) is 0. The highest BCUT2D eigenvalue weighted by Gasteiger charge is 2.47. The Labute approximate surface area is 179 Å². The predicted octanol–water partition coefficient (Wildman–Crippen LogP) is 5.33. The van der Waals surface area contributed by atoms with Crippen LogP contribution in [0.15, 0.2) is 54.6 Å². The Hall–Kier alpha value is -2.54. The van der Waals surface area contributed by atoms with E-state index in [0.29, 0.717) is 18.4 Å². The lowest BCUT2D eigenvalue weighted by Crippen LogP contribution is -2.60. The van der Waals surface area contributed by atoms with Crippen LogP contribution in [0.4, 0.5) is 18.0 Å². The fraction of sp³-hybridized carbons (Fsp3) is 0.458. The molecule has 0 spiro atoms. The molecule has 2 fully saturated rings. The first-order chi connectivity index (χ1) is 14.7. The van der Waals surface area contributed by atoms with Crippen molar-refractivity contribution in [3.8, 4) is 0 Å². The number of fused-ring (bicyclic) bond motifs is 2. The van der Waals surface area contributed by atoms with Crippen LogP contribution in [0.1, 0.15) is 48.8 Å². The Kier molecular flexibility index (Phi) is 5.97. The lowest BCUT2D eigenvalue weighted by Gasteiger charge is -2.51. The third-order valence-corrected chi connectivity index (χ3v) is 6.32. The minimum atomic E-state index is -4.38. The van der Waals surface area contributed by atoms with E-state index in [2.05, 4.69) is 0 Å². The summed E-state index contributed by atoms with van der Waals surface area (Å²) in [5.74, 6) is 0. The van der Waals surface area contributed by atoms with Crippen LogP contribution in [0.5, 0.6) is 0 Å². The van der Waals surface area contributed by atoms with Crippen molar-refractivity contribution >= 4 is 6.09 Å². The monoisotopic (exact) mass is 433 g/mol. The second kappa shape index (κ2) is 8.54. The number of rotatable bonds is 4. The first-order valence-corrected chi connectivity index (χ1v) is 10.6. The summed E-state index contributed by atoms with van der Waals surface area (Å²) in [6.07, 6.45) is -1.14. The Bertz CT molecular complexity index is 885. The molecule has 2 aromatic rings. The molecule has 0 saturated carbocycles. The van der Waals surface area contributed by atoms with E-state index in [-0.39, 0.29) is 31.2 Å². The maximum atomic E-state index is 12.8. The van der Waals surface area contributed by atoms with Crippen LogP contribution < -0.4 is 0 Å². The lowest BCUT2D eigenvalue weighted by atomic mass is 9.73. The van der Waals surface area contributed by atoms with Crippen LogP contribution in [0.2, 0.25) is 0 Å². The number of amides is 1. The van der Waals surface area contributed by atoms with Gasteiger partial charge >= 0.3 is 12.3 Å². The SMILES string of the molecule is O=C(OCc1ccccc1)N1C2CCCC1CC(O)(Cc1ccc(C(F)(F)F)cc1)C2. The van der Waals surface area contributed by atoms with Gasteiger partial charge in [-0.1, -0.05) is 42.5 Å². The molecule has 2 saturated heterocycles. The second-order valence-corrected chi connectivity index (χ2v) is 8.69. The molecular formula is C24H26F3NO3. The van der Waals surface area contributed by atoms with Crippen molar-refractivity contribution in [2.24, 2.45) is 0 Å². The average molecular weight is 433 g/mol. The molecule has 2 atom stereocenters. The Morgan fingerprint density at radius 2 is 1.61 bits per heavy atom. The van der Waals surface area contributed by atoms with Crippen molar-refractivity contribution in [1.82, 2.24) is 4.90 Å². The maximum Gasteiger partial charge on any atom is 0.416 e. The third-order valence-electron chi connectivity index (χ3n) is 6.32. The molecular weight excluding hydrogens is 407 g/mol. The van der Waals surface area contributed by atoms with Crippen LogP contribution in [0, 0.1) is 0 Å². The summed E-state index contributed by atoms with van der Waals surface area (Å²) in [6, 6.07) is 14.2. The molecule has 2 bridgehead atoms. The van der Waals surface area contributed by atoms with E-state index in [1.165, 1.54) is 12.1 Å². The van der Waals surface area contributed by atoms with E-state index in [9.17, 15) is 23.1 Å². The van der Waals surface area contributed by atoms with Crippen molar-refractivity contribution in [2.75, 3.05) is 0 Å². The van der Waals surface area contributed by atoms with Gasteiger partial charge in [0.05, 0.1) is 11.2 Å². The van der Waals surface area contributed by atoms with Gasteiger partial charge in [-0.05, 0) is 55.4 Å². The molecule has 1 N–H and O–H groups in total. The van der Waals surface area contributed by atoms with Crippen molar-refractivity contribution in [2.45, 2.75) is 69.0 Å². The van der Waals surface area contributed by atoms with Crippen LogP contribution in [0.25, 0.3) is 0 Å². The molecule has 2 aliphatic rings. The molecule has 0 radical (unpaired) electrons. The number of hydrogen-bond acceptors (Lipinski definition) is 3. The standard InChI is InChI=1S/C24H26F3NO3/c25-24(26,27)19-11-9-17(10-12-19)13-23(30)14-20-7-4-8-21(15-23)28(20)22(29)31-16-18-5-2-1-3-6-18/h1-3,5-6,9-12,20-21,30H,4,7-8,13-16H2. The molecule has 7 heteroatoms. The van der Waals surface area contributed by atoms with E-state index in [1.54, 1.807) is 4.90 Å². The highest BCUT2D eigenvalue weighted by molar-refractivity contribution is 5.69. The predicted molar refractivity (Wildman–Crippen MR) is 109 cm³/mol. The van der Waals surface area contributed by atoms with Gasteiger partial charge in [0.2, 0.25) is 0 Å². The number of ether oxygens (including phenoxy) is 1. The zero-order valence-electron chi connectivity index (χ0n) is 17.1. The molecule has 31 heavy (non-hydrogen) atoms. The molecule has 4 nitrogen and oxygen atoms in total. The van der Waals surface area contributed by atoms with Crippen LogP contribution in [-0.2, 0) is 23.9 Å². The smallest absolute Gasteiger partial charge is 0.416 e. The van der Waals surface area contributed by atoms with E-state index >= 15 is 0 Å². The number of piperidine rings is 2. The van der Waals surface area contributed by atoms with E-state index < -0.39 is 17.3 Å². The topological polar surface area (TPSA) is 49.8 Å². The summed E-state index contributed by atoms with van der Waals surface area (Å²) < 4.78 is 43.9. The van der Waals surface area contributed by atoms with Gasteiger partial charge in [0.15, 0.2) is 0 Å². The average Bonchev–Trinajstić information content (AvgIpc) is 2.72. The number of aliphatic hydroxyl groups is 1. The third kappa shape index (κ3) is 5.03. The van der Waals surface area contributed by atoms with Gasteiger partial charge in [-0.2, -0.15) is 13.2 Å². The summed E-state index contributed by atoms with van der Waals surface area (Å²) in [4.78, 5) is 14.6. The maximum absolute atomic E-state index is 12.8. The number of hydrogen-bond donors (Lipinski definition) is 1. The Morgan fingerprint density at radius 3 is 2.19 bits per heavy atom. The van der Waals surface area contributed by atoms with Gasteiger partial charge in [0.25, 0.3) is 0 Å². The van der Waals surface area contributed by atoms with Gasteiger partial charge in [-0.3, -0.25) is 0 Å². The molecule has 1 amide bonds. The van der Waals surface area contributed by atoms with Crippen LogP contribution >= 0.6 is 0 Å². The summed E-state index contributed by atoms with van der Waals surface area (Å²) in [6.45, 7) is 0.200. The van der Waals surface area contributed by atoms with E-state index in [1.807, 2.05) is 30.3 Å².